The van der Waals surface area contributed by atoms with Crippen molar-refractivity contribution in [2.45, 2.75) is 32.4 Å². The van der Waals surface area contributed by atoms with Crippen molar-refractivity contribution in [1.29, 1.82) is 0 Å². The van der Waals surface area contributed by atoms with E-state index in [0.29, 0.717) is 12.3 Å². The molecule has 0 aliphatic rings. The lowest BCUT2D eigenvalue weighted by molar-refractivity contribution is 0.0600. The van der Waals surface area contributed by atoms with Crippen molar-refractivity contribution in [2.75, 3.05) is 13.7 Å². The van der Waals surface area contributed by atoms with E-state index in [9.17, 15) is 4.79 Å². The van der Waals surface area contributed by atoms with E-state index >= 15 is 0 Å². The minimum Gasteiger partial charge on any atom is -0.465 e. The van der Waals surface area contributed by atoms with Crippen molar-refractivity contribution in [3.8, 4) is 11.1 Å². The Balaban J connectivity index is 1.92. The van der Waals surface area contributed by atoms with Crippen LogP contribution in [0.5, 0.6) is 0 Å². The summed E-state index contributed by atoms with van der Waals surface area (Å²) in [4.78, 5) is 11.4. The fraction of sp³-hybridized carbons (Fsp3) is 0.412. The van der Waals surface area contributed by atoms with Gasteiger partial charge in [0.25, 0.3) is 0 Å². The van der Waals surface area contributed by atoms with Gasteiger partial charge in [-0.3, -0.25) is 0 Å². The average Bonchev–Trinajstić information content (AvgIpc) is 2.99. The van der Waals surface area contributed by atoms with Gasteiger partial charge in [0, 0.05) is 26.4 Å². The lowest BCUT2D eigenvalue weighted by atomic mass is 10.1. The van der Waals surface area contributed by atoms with Gasteiger partial charge >= 0.3 is 5.97 Å². The van der Waals surface area contributed by atoms with Crippen LogP contribution in [0.1, 0.15) is 10.4 Å². The van der Waals surface area contributed by atoms with Gasteiger partial charge in [-0.25, -0.2) is 9.48 Å². The third-order valence-corrected chi connectivity index (χ3v) is 5.20. The van der Waals surface area contributed by atoms with Gasteiger partial charge in [0.1, 0.15) is 6.73 Å². The number of hydrogen-bond donors (Lipinski definition) is 0. The highest BCUT2D eigenvalue weighted by Gasteiger charge is 2.12. The largest absolute Gasteiger partial charge is 0.465 e. The molecule has 2 rings (SSSR count). The van der Waals surface area contributed by atoms with Crippen LogP contribution < -0.4 is 0 Å². The molecule has 0 aliphatic carbocycles. The van der Waals surface area contributed by atoms with Crippen LogP contribution in [-0.4, -0.2) is 37.5 Å². The van der Waals surface area contributed by atoms with Crippen molar-refractivity contribution >= 4 is 14.0 Å². The molecular formula is C17H24N2O3Si. The first-order valence-electron chi connectivity index (χ1n) is 7.68. The number of esters is 1. The topological polar surface area (TPSA) is 53.3 Å². The van der Waals surface area contributed by atoms with Crippen LogP contribution in [-0.2, 0) is 16.2 Å². The van der Waals surface area contributed by atoms with E-state index in [1.165, 1.54) is 7.11 Å². The van der Waals surface area contributed by atoms with Gasteiger partial charge < -0.3 is 9.47 Å². The molecule has 23 heavy (non-hydrogen) atoms. The number of ether oxygens (including phenoxy) is 2. The lowest BCUT2D eigenvalue weighted by Gasteiger charge is -2.15. The summed E-state index contributed by atoms with van der Waals surface area (Å²) >= 11 is 0. The van der Waals surface area contributed by atoms with Crippen molar-refractivity contribution in [1.82, 2.24) is 9.78 Å². The van der Waals surface area contributed by atoms with Gasteiger partial charge in [-0.05, 0) is 23.7 Å². The SMILES string of the molecule is COC(=O)c1ccc(-c2cnn(COCC[Si](C)(C)C)c2)cc1. The molecule has 0 saturated heterocycles. The molecule has 6 heteroatoms. The maximum Gasteiger partial charge on any atom is 0.337 e. The zero-order valence-electron chi connectivity index (χ0n) is 14.2. The van der Waals surface area contributed by atoms with Crippen molar-refractivity contribution in [3.63, 3.8) is 0 Å². The maximum atomic E-state index is 11.4. The van der Waals surface area contributed by atoms with E-state index in [1.54, 1.807) is 23.0 Å². The summed E-state index contributed by atoms with van der Waals surface area (Å²) in [5, 5.41) is 4.31. The van der Waals surface area contributed by atoms with Crippen molar-refractivity contribution in [2.24, 2.45) is 0 Å². The molecule has 1 aromatic carbocycles. The predicted octanol–water partition coefficient (Wildman–Crippen LogP) is 3.65. The summed E-state index contributed by atoms with van der Waals surface area (Å²) in [5.41, 5.74) is 2.54. The predicted molar refractivity (Wildman–Crippen MR) is 93.1 cm³/mol. The molecular weight excluding hydrogens is 308 g/mol. The molecule has 0 spiro atoms. The molecule has 0 amide bonds. The zero-order valence-corrected chi connectivity index (χ0v) is 15.2. The standard InChI is InChI=1S/C17H24N2O3Si/c1-21-17(20)15-7-5-14(6-8-15)16-11-18-19(12-16)13-22-9-10-23(2,3)4/h5-8,11-12H,9-10,13H2,1-4H3. The summed E-state index contributed by atoms with van der Waals surface area (Å²) in [7, 11) is 0.324. The summed E-state index contributed by atoms with van der Waals surface area (Å²) in [6.45, 7) is 8.24. The molecule has 0 N–H and O–H groups in total. The minimum atomic E-state index is -1.05. The molecule has 0 unspecified atom stereocenters. The van der Waals surface area contributed by atoms with E-state index in [2.05, 4.69) is 24.7 Å². The zero-order chi connectivity index (χ0) is 16.9. The third kappa shape index (κ3) is 5.33. The normalized spacial score (nSPS) is 11.5. The van der Waals surface area contributed by atoms with Gasteiger partial charge in [0.15, 0.2) is 0 Å². The second-order valence-corrected chi connectivity index (χ2v) is 12.3. The van der Waals surface area contributed by atoms with Gasteiger partial charge in [-0.15, -0.1) is 0 Å². The van der Waals surface area contributed by atoms with Crippen LogP contribution >= 0.6 is 0 Å². The van der Waals surface area contributed by atoms with Crippen LogP contribution in [0.3, 0.4) is 0 Å². The highest BCUT2D eigenvalue weighted by molar-refractivity contribution is 6.76. The van der Waals surface area contributed by atoms with E-state index in [4.69, 9.17) is 9.47 Å². The van der Waals surface area contributed by atoms with Gasteiger partial charge in [-0.1, -0.05) is 31.8 Å². The molecule has 124 valence electrons. The first-order chi connectivity index (χ1) is 10.9. The van der Waals surface area contributed by atoms with Crippen LogP contribution in [0, 0.1) is 0 Å². The Kier molecular flexibility index (Phi) is 5.73. The fourth-order valence-corrected chi connectivity index (χ4v) is 2.79. The smallest absolute Gasteiger partial charge is 0.337 e. The quantitative estimate of drug-likeness (QED) is 0.441. The number of methoxy groups -OCH3 is 1. The van der Waals surface area contributed by atoms with Gasteiger partial charge in [0.2, 0.25) is 0 Å². The second-order valence-electron chi connectivity index (χ2n) is 6.69. The number of hydrogen-bond acceptors (Lipinski definition) is 4. The van der Waals surface area contributed by atoms with Crippen LogP contribution in [0.2, 0.25) is 25.7 Å². The maximum absolute atomic E-state index is 11.4. The highest BCUT2D eigenvalue weighted by Crippen LogP contribution is 2.19. The van der Waals surface area contributed by atoms with Crippen LogP contribution in [0.15, 0.2) is 36.7 Å². The van der Waals surface area contributed by atoms with Crippen LogP contribution in [0.4, 0.5) is 0 Å². The van der Waals surface area contributed by atoms with Crippen molar-refractivity contribution in [3.05, 3.63) is 42.2 Å². The van der Waals surface area contributed by atoms with E-state index in [-0.39, 0.29) is 5.97 Å². The molecule has 0 fully saturated rings. The van der Waals surface area contributed by atoms with E-state index < -0.39 is 8.07 Å². The highest BCUT2D eigenvalue weighted by atomic mass is 28.3. The lowest BCUT2D eigenvalue weighted by Crippen LogP contribution is -2.22. The molecule has 0 bridgehead atoms. The van der Waals surface area contributed by atoms with E-state index in [0.717, 1.165) is 23.8 Å². The number of nitrogens with zero attached hydrogens (tertiary/aromatic N) is 2. The monoisotopic (exact) mass is 332 g/mol. The molecule has 0 saturated carbocycles. The summed E-state index contributed by atoms with van der Waals surface area (Å²) < 4.78 is 12.2. The van der Waals surface area contributed by atoms with Gasteiger partial charge in [0.05, 0.1) is 18.9 Å². The fourth-order valence-electron chi connectivity index (χ4n) is 2.04. The number of carbonyl (C=O) groups excluding carboxylic acids is 1. The Morgan fingerprint density at radius 1 is 1.17 bits per heavy atom. The summed E-state index contributed by atoms with van der Waals surface area (Å²) in [6, 6.07) is 8.43. The van der Waals surface area contributed by atoms with Crippen molar-refractivity contribution < 1.29 is 14.3 Å². The molecule has 0 atom stereocenters. The molecule has 0 radical (unpaired) electrons. The summed E-state index contributed by atoms with van der Waals surface area (Å²) in [5.74, 6) is -0.331. The Labute approximate surface area is 138 Å². The average molecular weight is 332 g/mol. The molecule has 1 heterocycles. The molecule has 5 nitrogen and oxygen atoms in total. The number of rotatable bonds is 7. The molecule has 1 aromatic heterocycles. The Hall–Kier alpha value is -1.92. The first kappa shape index (κ1) is 17.4. The molecule has 2 aromatic rings. The molecule has 0 aliphatic heterocycles. The van der Waals surface area contributed by atoms with E-state index in [1.807, 2.05) is 18.3 Å². The Morgan fingerprint density at radius 3 is 2.48 bits per heavy atom. The van der Waals surface area contributed by atoms with Gasteiger partial charge in [-0.2, -0.15) is 5.10 Å². The summed E-state index contributed by atoms with van der Waals surface area (Å²) in [6.07, 6.45) is 3.75. The third-order valence-electron chi connectivity index (χ3n) is 3.49. The van der Waals surface area contributed by atoms with Crippen LogP contribution in [0.25, 0.3) is 11.1 Å². The second kappa shape index (κ2) is 7.57. The first-order valence-corrected chi connectivity index (χ1v) is 11.4. The number of carbonyl (C=O) groups is 1. The Morgan fingerprint density at radius 2 is 1.87 bits per heavy atom. The minimum absolute atomic E-state index is 0.331. The number of aromatic nitrogens is 2. The Bertz CT molecular complexity index is 645. The number of benzene rings is 1.